The van der Waals surface area contributed by atoms with E-state index in [-0.39, 0.29) is 31.7 Å². The fraction of sp³-hybridized carbons (Fsp3) is 0.400. The summed E-state index contributed by atoms with van der Waals surface area (Å²) in [5, 5.41) is 17.9. The third-order valence-corrected chi connectivity index (χ3v) is 3.13. The van der Waals surface area contributed by atoms with Crippen molar-refractivity contribution in [1.29, 1.82) is 0 Å². The average Bonchev–Trinajstić information content (AvgIpc) is 2.43. The number of carboxylic acids is 2. The summed E-state index contributed by atoms with van der Waals surface area (Å²) in [4.78, 5) is 35.4. The molecule has 0 aromatic heterocycles. The second kappa shape index (κ2) is 8.04. The van der Waals surface area contributed by atoms with Gasteiger partial charge in [-0.2, -0.15) is 0 Å². The predicted molar refractivity (Wildman–Crippen MR) is 75.8 cm³/mol. The van der Waals surface area contributed by atoms with Crippen LogP contribution in [0.15, 0.2) is 30.3 Å². The van der Waals surface area contributed by atoms with E-state index in [9.17, 15) is 19.5 Å². The number of carbonyl (C=O) groups is 3. The molecule has 0 aliphatic heterocycles. The summed E-state index contributed by atoms with van der Waals surface area (Å²) in [5.74, 6) is -2.56. The van der Waals surface area contributed by atoms with Crippen molar-refractivity contribution in [2.45, 2.75) is 32.2 Å². The monoisotopic (exact) mass is 293 g/mol. The standard InChI is InChI=1S/C15H19NO5/c1-2-12(15(20)21)16(9-8-14(18)19)13(17)10-11-6-4-3-5-7-11/h3-7,12H,2,8-10H2,1H3,(H,18,19)(H,20,21). The molecule has 0 spiro atoms. The number of hydrogen-bond donors (Lipinski definition) is 2. The van der Waals surface area contributed by atoms with E-state index in [1.165, 1.54) is 0 Å². The Hall–Kier alpha value is -2.37. The Kier molecular flexibility index (Phi) is 6.39. The molecular weight excluding hydrogens is 274 g/mol. The van der Waals surface area contributed by atoms with Crippen LogP contribution in [0, 0.1) is 0 Å². The maximum absolute atomic E-state index is 12.3. The van der Waals surface area contributed by atoms with E-state index in [2.05, 4.69) is 0 Å². The van der Waals surface area contributed by atoms with E-state index in [0.29, 0.717) is 0 Å². The Labute approximate surface area is 123 Å². The minimum Gasteiger partial charge on any atom is -0.481 e. The topological polar surface area (TPSA) is 94.9 Å². The highest BCUT2D eigenvalue weighted by Crippen LogP contribution is 2.10. The Balaban J connectivity index is 2.85. The Bertz CT molecular complexity index is 500. The van der Waals surface area contributed by atoms with Crippen LogP contribution in [0.2, 0.25) is 0 Å². The van der Waals surface area contributed by atoms with Crippen LogP contribution in [0.4, 0.5) is 0 Å². The van der Waals surface area contributed by atoms with E-state index in [0.717, 1.165) is 10.5 Å². The zero-order valence-electron chi connectivity index (χ0n) is 11.9. The van der Waals surface area contributed by atoms with Crippen LogP contribution in [-0.2, 0) is 20.8 Å². The summed E-state index contributed by atoms with van der Waals surface area (Å²) in [7, 11) is 0. The Morgan fingerprint density at radius 1 is 1.14 bits per heavy atom. The lowest BCUT2D eigenvalue weighted by molar-refractivity contribution is -0.151. The van der Waals surface area contributed by atoms with Crippen LogP contribution in [0.1, 0.15) is 25.3 Å². The zero-order valence-corrected chi connectivity index (χ0v) is 11.9. The van der Waals surface area contributed by atoms with Gasteiger partial charge in [0.05, 0.1) is 12.8 Å². The van der Waals surface area contributed by atoms with Gasteiger partial charge >= 0.3 is 11.9 Å². The van der Waals surface area contributed by atoms with E-state index in [1.54, 1.807) is 31.2 Å². The van der Waals surface area contributed by atoms with E-state index >= 15 is 0 Å². The lowest BCUT2D eigenvalue weighted by Gasteiger charge is -2.28. The van der Waals surface area contributed by atoms with Gasteiger partial charge in [0.1, 0.15) is 6.04 Å². The maximum Gasteiger partial charge on any atom is 0.326 e. The highest BCUT2D eigenvalue weighted by Gasteiger charge is 2.28. The number of benzene rings is 1. The number of hydrogen-bond acceptors (Lipinski definition) is 3. The molecule has 21 heavy (non-hydrogen) atoms. The average molecular weight is 293 g/mol. The summed E-state index contributed by atoms with van der Waals surface area (Å²) in [6, 6.07) is 7.95. The van der Waals surface area contributed by atoms with Crippen LogP contribution in [0.5, 0.6) is 0 Å². The smallest absolute Gasteiger partial charge is 0.326 e. The zero-order chi connectivity index (χ0) is 15.8. The van der Waals surface area contributed by atoms with Crippen LogP contribution in [0.3, 0.4) is 0 Å². The molecule has 114 valence electrons. The van der Waals surface area contributed by atoms with Crippen molar-refractivity contribution in [1.82, 2.24) is 4.90 Å². The van der Waals surface area contributed by atoms with Gasteiger partial charge in [0.25, 0.3) is 0 Å². The molecule has 0 radical (unpaired) electrons. The molecule has 0 saturated carbocycles. The van der Waals surface area contributed by atoms with Gasteiger partial charge in [-0.15, -0.1) is 0 Å². The molecular formula is C15H19NO5. The SMILES string of the molecule is CCC(C(=O)O)N(CCC(=O)O)C(=O)Cc1ccccc1. The predicted octanol–water partition coefficient (Wildman–Crippen LogP) is 1.40. The molecule has 1 unspecified atom stereocenters. The first-order valence-electron chi connectivity index (χ1n) is 6.73. The molecule has 2 N–H and O–H groups in total. The lowest BCUT2D eigenvalue weighted by Crippen LogP contribution is -2.46. The first-order chi connectivity index (χ1) is 9.95. The summed E-state index contributed by atoms with van der Waals surface area (Å²) in [6.07, 6.45) is 0.0179. The van der Waals surface area contributed by atoms with Crippen molar-refractivity contribution in [2.24, 2.45) is 0 Å². The lowest BCUT2D eigenvalue weighted by atomic mass is 10.1. The number of rotatable bonds is 8. The summed E-state index contributed by atoms with van der Waals surface area (Å²) in [6.45, 7) is 1.55. The van der Waals surface area contributed by atoms with Crippen molar-refractivity contribution in [3.63, 3.8) is 0 Å². The van der Waals surface area contributed by atoms with Crippen molar-refractivity contribution < 1.29 is 24.6 Å². The van der Waals surface area contributed by atoms with Crippen LogP contribution < -0.4 is 0 Å². The van der Waals surface area contributed by atoms with Crippen molar-refractivity contribution in [3.05, 3.63) is 35.9 Å². The van der Waals surface area contributed by atoms with Gasteiger partial charge in [0.15, 0.2) is 0 Å². The van der Waals surface area contributed by atoms with Gasteiger partial charge in [-0.05, 0) is 12.0 Å². The van der Waals surface area contributed by atoms with Crippen molar-refractivity contribution in [3.8, 4) is 0 Å². The molecule has 0 aliphatic carbocycles. The molecule has 1 amide bonds. The fourth-order valence-electron chi connectivity index (χ4n) is 2.07. The van der Waals surface area contributed by atoms with Gasteiger partial charge in [0.2, 0.25) is 5.91 Å². The van der Waals surface area contributed by atoms with Gasteiger partial charge < -0.3 is 15.1 Å². The molecule has 1 atom stereocenters. The van der Waals surface area contributed by atoms with E-state index in [4.69, 9.17) is 5.11 Å². The molecule has 1 rings (SSSR count). The normalized spacial score (nSPS) is 11.7. The minimum absolute atomic E-state index is 0.0598. The van der Waals surface area contributed by atoms with Gasteiger partial charge in [0, 0.05) is 6.54 Å². The van der Waals surface area contributed by atoms with E-state index < -0.39 is 18.0 Å². The molecule has 1 aromatic carbocycles. The molecule has 0 saturated heterocycles. The molecule has 0 heterocycles. The first-order valence-corrected chi connectivity index (χ1v) is 6.73. The summed E-state index contributed by atoms with van der Waals surface area (Å²) >= 11 is 0. The highest BCUT2D eigenvalue weighted by molar-refractivity contribution is 5.85. The molecule has 6 nitrogen and oxygen atoms in total. The van der Waals surface area contributed by atoms with Crippen molar-refractivity contribution >= 4 is 17.8 Å². The number of aliphatic carboxylic acids is 2. The summed E-state index contributed by atoms with van der Waals surface area (Å²) < 4.78 is 0. The van der Waals surface area contributed by atoms with Crippen LogP contribution in [-0.4, -0.2) is 45.5 Å². The Morgan fingerprint density at radius 2 is 1.76 bits per heavy atom. The largest absolute Gasteiger partial charge is 0.481 e. The third kappa shape index (κ3) is 5.25. The fourth-order valence-corrected chi connectivity index (χ4v) is 2.07. The molecule has 0 aliphatic rings. The third-order valence-electron chi connectivity index (χ3n) is 3.13. The number of nitrogens with zero attached hydrogens (tertiary/aromatic N) is 1. The second-order valence-corrected chi connectivity index (χ2v) is 4.66. The van der Waals surface area contributed by atoms with Gasteiger partial charge in [-0.3, -0.25) is 9.59 Å². The molecule has 6 heteroatoms. The maximum atomic E-state index is 12.3. The first kappa shape index (κ1) is 16.7. The van der Waals surface area contributed by atoms with E-state index in [1.807, 2.05) is 6.07 Å². The minimum atomic E-state index is -1.12. The molecule has 0 bridgehead atoms. The van der Waals surface area contributed by atoms with Crippen molar-refractivity contribution in [2.75, 3.05) is 6.54 Å². The van der Waals surface area contributed by atoms with Crippen LogP contribution in [0.25, 0.3) is 0 Å². The Morgan fingerprint density at radius 3 is 2.24 bits per heavy atom. The quantitative estimate of drug-likeness (QED) is 0.755. The number of carboxylic acid groups (broad SMARTS) is 2. The summed E-state index contributed by atoms with van der Waals surface area (Å²) in [5.41, 5.74) is 0.767. The number of carbonyl (C=O) groups excluding carboxylic acids is 1. The van der Waals surface area contributed by atoms with Gasteiger partial charge in [-0.1, -0.05) is 37.3 Å². The number of amides is 1. The van der Waals surface area contributed by atoms with Crippen LogP contribution >= 0.6 is 0 Å². The highest BCUT2D eigenvalue weighted by atomic mass is 16.4. The van der Waals surface area contributed by atoms with Gasteiger partial charge in [-0.25, -0.2) is 4.79 Å². The second-order valence-electron chi connectivity index (χ2n) is 4.66. The molecule has 1 aromatic rings. The molecule has 0 fully saturated rings.